The van der Waals surface area contributed by atoms with Crippen molar-refractivity contribution < 1.29 is 23.9 Å². The summed E-state index contributed by atoms with van der Waals surface area (Å²) in [6, 6.07) is 9.54. The molecule has 10 heteroatoms. The first-order valence-corrected chi connectivity index (χ1v) is 10.4. The van der Waals surface area contributed by atoms with E-state index in [0.717, 1.165) is 0 Å². The number of rotatable bonds is 6. The Morgan fingerprint density at radius 2 is 2.00 bits per heavy atom. The molecule has 3 amide bonds. The van der Waals surface area contributed by atoms with E-state index in [1.165, 1.54) is 14.2 Å². The number of ether oxygens (including phenoxy) is 2. The minimum absolute atomic E-state index is 0.0167. The molecule has 3 atom stereocenters. The van der Waals surface area contributed by atoms with E-state index in [2.05, 4.69) is 16.0 Å². The first-order chi connectivity index (χ1) is 15.3. The molecule has 0 aliphatic carbocycles. The van der Waals surface area contributed by atoms with Crippen molar-refractivity contribution in [2.24, 2.45) is 11.7 Å². The molecule has 5 N–H and O–H groups in total. The number of hydrogen-bond acceptors (Lipinski definition) is 6. The van der Waals surface area contributed by atoms with Crippen LogP contribution in [0.15, 0.2) is 36.4 Å². The second-order valence-electron chi connectivity index (χ2n) is 7.81. The maximum Gasteiger partial charge on any atom is 0.250 e. The van der Waals surface area contributed by atoms with Gasteiger partial charge in [0.2, 0.25) is 17.7 Å². The van der Waals surface area contributed by atoms with Gasteiger partial charge in [-0.05, 0) is 36.8 Å². The van der Waals surface area contributed by atoms with E-state index < -0.39 is 29.3 Å². The fraction of sp³-hybridized carbons (Fsp3) is 0.318. The highest BCUT2D eigenvalue weighted by Gasteiger charge is 2.60. The summed E-state index contributed by atoms with van der Waals surface area (Å²) in [7, 11) is 3.00. The Bertz CT molecular complexity index is 1110. The molecule has 2 heterocycles. The van der Waals surface area contributed by atoms with Gasteiger partial charge in [-0.3, -0.25) is 19.7 Å². The van der Waals surface area contributed by atoms with Gasteiger partial charge in [-0.1, -0.05) is 11.6 Å². The number of anilines is 2. The molecule has 9 nitrogen and oxygen atoms in total. The molecule has 2 aliphatic rings. The van der Waals surface area contributed by atoms with E-state index in [4.69, 9.17) is 26.8 Å². The molecule has 2 aliphatic heterocycles. The molecule has 32 heavy (non-hydrogen) atoms. The van der Waals surface area contributed by atoms with E-state index >= 15 is 0 Å². The molecule has 0 radical (unpaired) electrons. The topological polar surface area (TPSA) is 132 Å². The highest BCUT2D eigenvalue weighted by Crippen LogP contribution is 2.48. The highest BCUT2D eigenvalue weighted by atomic mass is 35.5. The number of carbonyl (C=O) groups is 3. The summed E-state index contributed by atoms with van der Waals surface area (Å²) < 4.78 is 10.6. The van der Waals surface area contributed by atoms with Gasteiger partial charge in [0.25, 0.3) is 0 Å². The molecular weight excluding hydrogens is 436 g/mol. The second kappa shape index (κ2) is 8.33. The van der Waals surface area contributed by atoms with Crippen LogP contribution < -0.4 is 31.2 Å². The van der Waals surface area contributed by atoms with Crippen molar-refractivity contribution in [3.8, 4) is 11.5 Å². The van der Waals surface area contributed by atoms with Crippen LogP contribution in [0.2, 0.25) is 5.02 Å². The number of hydrogen-bond donors (Lipinski definition) is 4. The van der Waals surface area contributed by atoms with Gasteiger partial charge in [0, 0.05) is 34.8 Å². The van der Waals surface area contributed by atoms with E-state index in [-0.39, 0.29) is 18.7 Å². The minimum Gasteiger partial charge on any atom is -0.497 e. The number of carbonyl (C=O) groups excluding carboxylic acids is 3. The lowest BCUT2D eigenvalue weighted by molar-refractivity contribution is -0.130. The molecule has 1 fully saturated rings. The van der Waals surface area contributed by atoms with Crippen molar-refractivity contribution in [2.45, 2.75) is 24.4 Å². The Balaban J connectivity index is 1.75. The summed E-state index contributed by atoms with van der Waals surface area (Å²) in [5.74, 6) is -1.21. The van der Waals surface area contributed by atoms with E-state index in [9.17, 15) is 14.4 Å². The summed E-state index contributed by atoms with van der Waals surface area (Å²) in [4.78, 5) is 38.4. The van der Waals surface area contributed by atoms with Gasteiger partial charge in [-0.2, -0.15) is 0 Å². The summed E-state index contributed by atoms with van der Waals surface area (Å²) in [6.45, 7) is 0. The van der Waals surface area contributed by atoms with E-state index in [1.807, 2.05) is 0 Å². The normalized spacial score (nSPS) is 23.5. The number of methoxy groups -OCH3 is 2. The zero-order chi connectivity index (χ0) is 23.0. The molecule has 4 rings (SSSR count). The third-order valence-electron chi connectivity index (χ3n) is 5.92. The lowest BCUT2D eigenvalue weighted by atomic mass is 9.79. The largest absolute Gasteiger partial charge is 0.497 e. The first kappa shape index (κ1) is 21.9. The lowest BCUT2D eigenvalue weighted by Crippen LogP contribution is -2.52. The van der Waals surface area contributed by atoms with Crippen LogP contribution in [-0.4, -0.2) is 38.0 Å². The zero-order valence-corrected chi connectivity index (χ0v) is 18.3. The Morgan fingerprint density at radius 1 is 1.22 bits per heavy atom. The van der Waals surface area contributed by atoms with Crippen LogP contribution in [0.25, 0.3) is 0 Å². The number of nitrogens with two attached hydrogens (primary N) is 1. The maximum absolute atomic E-state index is 13.5. The van der Waals surface area contributed by atoms with Crippen molar-refractivity contribution in [3.05, 3.63) is 47.0 Å². The molecule has 0 aromatic heterocycles. The number of benzene rings is 2. The lowest BCUT2D eigenvalue weighted by Gasteiger charge is -2.29. The fourth-order valence-corrected chi connectivity index (χ4v) is 4.71. The number of nitrogens with one attached hydrogen (secondary N) is 3. The molecule has 2 aromatic carbocycles. The van der Waals surface area contributed by atoms with Crippen LogP contribution in [-0.2, 0) is 19.9 Å². The third kappa shape index (κ3) is 3.63. The molecule has 0 unspecified atom stereocenters. The quantitative estimate of drug-likeness (QED) is 0.523. The van der Waals surface area contributed by atoms with Crippen LogP contribution in [0.1, 0.15) is 18.4 Å². The Morgan fingerprint density at radius 3 is 2.69 bits per heavy atom. The van der Waals surface area contributed by atoms with Gasteiger partial charge >= 0.3 is 0 Å². The van der Waals surface area contributed by atoms with Crippen molar-refractivity contribution in [1.29, 1.82) is 0 Å². The smallest absolute Gasteiger partial charge is 0.250 e. The summed E-state index contributed by atoms with van der Waals surface area (Å²) >= 11 is 6.21. The van der Waals surface area contributed by atoms with E-state index in [1.54, 1.807) is 36.4 Å². The molecule has 0 saturated carbocycles. The third-order valence-corrected chi connectivity index (χ3v) is 6.15. The number of halogens is 1. The Labute approximate surface area is 189 Å². The van der Waals surface area contributed by atoms with Crippen LogP contribution in [0.5, 0.6) is 11.5 Å². The van der Waals surface area contributed by atoms with Crippen molar-refractivity contribution in [2.75, 3.05) is 24.9 Å². The maximum atomic E-state index is 13.5. The second-order valence-corrected chi connectivity index (χ2v) is 8.24. The zero-order valence-electron chi connectivity index (χ0n) is 17.5. The van der Waals surface area contributed by atoms with Crippen LogP contribution in [0.3, 0.4) is 0 Å². The van der Waals surface area contributed by atoms with Crippen LogP contribution >= 0.6 is 11.6 Å². The average Bonchev–Trinajstić information content (AvgIpc) is 3.26. The first-order valence-electron chi connectivity index (χ1n) is 9.99. The van der Waals surface area contributed by atoms with Gasteiger partial charge in [0.1, 0.15) is 17.0 Å². The van der Waals surface area contributed by atoms with Crippen molar-refractivity contribution >= 4 is 40.7 Å². The molecule has 0 bridgehead atoms. The predicted molar refractivity (Wildman–Crippen MR) is 119 cm³/mol. The number of primary amides is 1. The SMILES string of the molecule is COc1ccc(OC)c(NC(=O)[C@H]2C[C@@H](CC(N)=O)N[C@]23C(=O)Nc2ccc(Cl)cc23)c1. The van der Waals surface area contributed by atoms with Gasteiger partial charge in [0.15, 0.2) is 0 Å². The highest BCUT2D eigenvalue weighted by molar-refractivity contribution is 6.31. The fourth-order valence-electron chi connectivity index (χ4n) is 4.54. The van der Waals surface area contributed by atoms with Crippen molar-refractivity contribution in [1.82, 2.24) is 5.32 Å². The minimum atomic E-state index is -1.39. The van der Waals surface area contributed by atoms with Crippen LogP contribution in [0, 0.1) is 5.92 Å². The van der Waals surface area contributed by atoms with E-state index in [0.29, 0.717) is 33.5 Å². The van der Waals surface area contributed by atoms with Gasteiger partial charge in [0.05, 0.1) is 25.8 Å². The average molecular weight is 459 g/mol. The summed E-state index contributed by atoms with van der Waals surface area (Å²) in [5.41, 5.74) is 5.52. The Kier molecular flexibility index (Phi) is 5.70. The molecule has 1 spiro atoms. The molecule has 1 saturated heterocycles. The molecule has 168 valence electrons. The van der Waals surface area contributed by atoms with Gasteiger partial charge < -0.3 is 25.8 Å². The van der Waals surface area contributed by atoms with Crippen LogP contribution in [0.4, 0.5) is 11.4 Å². The Hall–Kier alpha value is -3.30. The standard InChI is InChI=1S/C22H23ClN4O5/c1-31-13-4-6-18(32-2)17(10-13)25-20(29)15-8-12(9-19(24)28)27-22(15)14-7-11(23)3-5-16(14)26-21(22)30/h3-7,10,12,15,27H,8-9H2,1-2H3,(H2,24,28)(H,25,29)(H,26,30)/t12-,15+,22-/m0/s1. The molecule has 2 aromatic rings. The summed E-state index contributed by atoms with van der Waals surface area (Å²) in [6.07, 6.45) is 0.206. The summed E-state index contributed by atoms with van der Waals surface area (Å²) in [5, 5.41) is 9.31. The number of fused-ring (bicyclic) bond motifs is 2. The van der Waals surface area contributed by atoms with Gasteiger partial charge in [-0.15, -0.1) is 0 Å². The monoisotopic (exact) mass is 458 g/mol. The predicted octanol–water partition coefficient (Wildman–Crippen LogP) is 2.00. The van der Waals surface area contributed by atoms with Crippen molar-refractivity contribution in [3.63, 3.8) is 0 Å². The molecular formula is C22H23ClN4O5. The number of amides is 3. The van der Waals surface area contributed by atoms with Gasteiger partial charge in [-0.25, -0.2) is 0 Å².